The van der Waals surface area contributed by atoms with Crippen LogP contribution in [0.25, 0.3) is 11.3 Å². The van der Waals surface area contributed by atoms with Crippen LogP contribution < -0.4 is 5.32 Å². The number of aryl methyl sites for hydroxylation is 1. The van der Waals surface area contributed by atoms with E-state index in [0.717, 1.165) is 49.8 Å². The van der Waals surface area contributed by atoms with E-state index in [2.05, 4.69) is 41.5 Å². The van der Waals surface area contributed by atoms with Crippen LogP contribution in [0.2, 0.25) is 0 Å². The number of hydrogen-bond donors (Lipinski definition) is 1. The molecule has 0 fully saturated rings. The zero-order valence-corrected chi connectivity index (χ0v) is 12.2. The quantitative estimate of drug-likeness (QED) is 0.752. The molecule has 0 unspecified atom stereocenters. The summed E-state index contributed by atoms with van der Waals surface area (Å²) in [6.07, 6.45) is 3.64. The largest absolute Gasteiger partial charge is 0.441 e. The van der Waals surface area contributed by atoms with Crippen molar-refractivity contribution in [1.82, 2.24) is 10.3 Å². The Kier molecular flexibility index (Phi) is 5.77. The molecule has 0 atom stereocenters. The van der Waals surface area contributed by atoms with Crippen molar-refractivity contribution >= 4 is 0 Å². The van der Waals surface area contributed by atoms with E-state index in [4.69, 9.17) is 9.15 Å². The Balaban J connectivity index is 1.87. The average Bonchev–Trinajstić information content (AvgIpc) is 2.96. The summed E-state index contributed by atoms with van der Waals surface area (Å²) in [5.41, 5.74) is 2.41. The molecule has 0 amide bonds. The Hall–Kier alpha value is -1.65. The molecule has 0 aliphatic rings. The second kappa shape index (κ2) is 7.82. The van der Waals surface area contributed by atoms with Crippen LogP contribution in [0.3, 0.4) is 0 Å². The third kappa shape index (κ3) is 4.18. The van der Waals surface area contributed by atoms with Gasteiger partial charge in [0, 0.05) is 32.2 Å². The summed E-state index contributed by atoms with van der Waals surface area (Å²) in [4.78, 5) is 4.32. The minimum Gasteiger partial charge on any atom is -0.441 e. The molecule has 0 bridgehead atoms. The molecule has 1 aromatic heterocycles. The second-order valence-corrected chi connectivity index (χ2v) is 4.66. The molecule has 1 N–H and O–H groups in total. The van der Waals surface area contributed by atoms with E-state index in [1.54, 1.807) is 13.3 Å². The average molecular weight is 274 g/mol. The van der Waals surface area contributed by atoms with Crippen LogP contribution in [0.15, 0.2) is 34.9 Å². The fraction of sp³-hybridized carbons (Fsp3) is 0.438. The van der Waals surface area contributed by atoms with Crippen LogP contribution in [0.5, 0.6) is 0 Å². The predicted molar refractivity (Wildman–Crippen MR) is 79.8 cm³/mol. The molecule has 4 nitrogen and oxygen atoms in total. The van der Waals surface area contributed by atoms with Gasteiger partial charge in [-0.3, -0.25) is 0 Å². The Morgan fingerprint density at radius 2 is 2.00 bits per heavy atom. The van der Waals surface area contributed by atoms with Gasteiger partial charge in [0.15, 0.2) is 11.7 Å². The minimum atomic E-state index is 0.723. The maximum absolute atomic E-state index is 5.77. The molecule has 0 aliphatic heterocycles. The molecule has 0 saturated carbocycles. The number of nitrogens with one attached hydrogen (secondary N) is 1. The molecule has 108 valence electrons. The first-order valence-corrected chi connectivity index (χ1v) is 7.07. The summed E-state index contributed by atoms with van der Waals surface area (Å²) < 4.78 is 10.7. The van der Waals surface area contributed by atoms with Gasteiger partial charge in [-0.05, 0) is 12.0 Å². The monoisotopic (exact) mass is 274 g/mol. The molecular formula is C16H22N2O2. The van der Waals surface area contributed by atoms with Gasteiger partial charge in [-0.15, -0.1) is 0 Å². The van der Waals surface area contributed by atoms with Crippen LogP contribution in [0.1, 0.15) is 18.4 Å². The third-order valence-corrected chi connectivity index (χ3v) is 3.20. The molecule has 0 aliphatic carbocycles. The molecule has 0 radical (unpaired) electrons. The van der Waals surface area contributed by atoms with Crippen molar-refractivity contribution in [2.45, 2.75) is 19.8 Å². The topological polar surface area (TPSA) is 47.3 Å². The first-order chi connectivity index (χ1) is 9.83. The van der Waals surface area contributed by atoms with Crippen molar-refractivity contribution in [3.63, 3.8) is 0 Å². The van der Waals surface area contributed by atoms with E-state index < -0.39 is 0 Å². The van der Waals surface area contributed by atoms with Crippen molar-refractivity contribution < 1.29 is 9.15 Å². The van der Waals surface area contributed by atoms with Gasteiger partial charge in [0.2, 0.25) is 0 Å². The second-order valence-electron chi connectivity index (χ2n) is 4.66. The van der Waals surface area contributed by atoms with Crippen LogP contribution >= 0.6 is 0 Å². The third-order valence-electron chi connectivity index (χ3n) is 3.20. The molecule has 0 spiro atoms. The van der Waals surface area contributed by atoms with Gasteiger partial charge < -0.3 is 14.5 Å². The van der Waals surface area contributed by atoms with E-state index in [1.807, 2.05) is 0 Å². The normalized spacial score (nSPS) is 10.9. The number of methoxy groups -OCH3 is 1. The smallest absolute Gasteiger partial charge is 0.196 e. The Labute approximate surface area is 120 Å². The van der Waals surface area contributed by atoms with Crippen LogP contribution in [-0.2, 0) is 17.6 Å². The van der Waals surface area contributed by atoms with E-state index >= 15 is 0 Å². The van der Waals surface area contributed by atoms with Crippen LogP contribution in [-0.4, -0.2) is 31.8 Å². The van der Waals surface area contributed by atoms with Crippen molar-refractivity contribution in [3.8, 4) is 11.3 Å². The highest BCUT2D eigenvalue weighted by atomic mass is 16.5. The van der Waals surface area contributed by atoms with E-state index in [1.165, 1.54) is 5.56 Å². The number of aromatic nitrogens is 1. The standard InChI is InChI=1S/C16H22N2O2/c1-3-13-4-6-14(7-5-13)15-12-18-16(20-15)8-9-17-10-11-19-2/h4-7,12,17H,3,8-11H2,1-2H3. The molecular weight excluding hydrogens is 252 g/mol. The molecule has 4 heteroatoms. The number of hydrogen-bond acceptors (Lipinski definition) is 4. The lowest BCUT2D eigenvalue weighted by molar-refractivity contribution is 0.199. The van der Waals surface area contributed by atoms with E-state index in [9.17, 15) is 0 Å². The van der Waals surface area contributed by atoms with Gasteiger partial charge in [-0.1, -0.05) is 31.2 Å². The molecule has 0 saturated heterocycles. The van der Waals surface area contributed by atoms with Crippen LogP contribution in [0.4, 0.5) is 0 Å². The van der Waals surface area contributed by atoms with Crippen molar-refractivity contribution in [2.75, 3.05) is 26.8 Å². The SMILES string of the molecule is CCc1ccc(-c2cnc(CCNCCOC)o2)cc1. The first-order valence-electron chi connectivity index (χ1n) is 7.07. The molecule has 20 heavy (non-hydrogen) atoms. The highest BCUT2D eigenvalue weighted by Crippen LogP contribution is 2.21. The number of benzene rings is 1. The summed E-state index contributed by atoms with van der Waals surface area (Å²) in [5, 5.41) is 3.27. The van der Waals surface area contributed by atoms with E-state index in [-0.39, 0.29) is 0 Å². The zero-order valence-electron chi connectivity index (χ0n) is 12.2. The van der Waals surface area contributed by atoms with Gasteiger partial charge in [-0.25, -0.2) is 4.98 Å². The number of nitrogens with zero attached hydrogens (tertiary/aromatic N) is 1. The van der Waals surface area contributed by atoms with E-state index in [0.29, 0.717) is 0 Å². The van der Waals surface area contributed by atoms with Gasteiger partial charge in [0.25, 0.3) is 0 Å². The van der Waals surface area contributed by atoms with Gasteiger partial charge >= 0.3 is 0 Å². The maximum Gasteiger partial charge on any atom is 0.196 e. The summed E-state index contributed by atoms with van der Waals surface area (Å²) in [6.45, 7) is 4.57. The summed E-state index contributed by atoms with van der Waals surface area (Å²) in [6, 6.07) is 8.42. The summed E-state index contributed by atoms with van der Waals surface area (Å²) in [5.74, 6) is 1.60. The van der Waals surface area contributed by atoms with Gasteiger partial charge in [0.1, 0.15) is 0 Å². The first kappa shape index (κ1) is 14.8. The van der Waals surface area contributed by atoms with Crippen molar-refractivity contribution in [1.29, 1.82) is 0 Å². The fourth-order valence-electron chi connectivity index (χ4n) is 1.96. The predicted octanol–water partition coefficient (Wildman–Crippen LogP) is 2.68. The highest BCUT2D eigenvalue weighted by Gasteiger charge is 2.06. The lowest BCUT2D eigenvalue weighted by Crippen LogP contribution is -2.21. The Morgan fingerprint density at radius 1 is 1.20 bits per heavy atom. The minimum absolute atomic E-state index is 0.723. The Morgan fingerprint density at radius 3 is 2.70 bits per heavy atom. The lowest BCUT2D eigenvalue weighted by Gasteiger charge is -2.01. The number of rotatable bonds is 8. The summed E-state index contributed by atoms with van der Waals surface area (Å²) >= 11 is 0. The maximum atomic E-state index is 5.77. The van der Waals surface area contributed by atoms with Crippen LogP contribution in [0, 0.1) is 0 Å². The van der Waals surface area contributed by atoms with Crippen molar-refractivity contribution in [3.05, 3.63) is 41.9 Å². The highest BCUT2D eigenvalue weighted by molar-refractivity contribution is 5.56. The summed E-state index contributed by atoms with van der Waals surface area (Å²) in [7, 11) is 1.70. The molecule has 2 aromatic rings. The molecule has 1 aromatic carbocycles. The molecule has 2 rings (SSSR count). The van der Waals surface area contributed by atoms with Crippen molar-refractivity contribution in [2.24, 2.45) is 0 Å². The van der Waals surface area contributed by atoms with Gasteiger partial charge in [-0.2, -0.15) is 0 Å². The zero-order chi connectivity index (χ0) is 14.2. The lowest BCUT2D eigenvalue weighted by atomic mass is 10.1. The van der Waals surface area contributed by atoms with Gasteiger partial charge in [0.05, 0.1) is 12.8 Å². The fourth-order valence-corrected chi connectivity index (χ4v) is 1.96. The number of ether oxygens (including phenoxy) is 1. The number of oxazole rings is 1. The Bertz CT molecular complexity index is 505. The molecule has 1 heterocycles.